The molecule has 196 valence electrons. The van der Waals surface area contributed by atoms with E-state index in [-0.39, 0.29) is 42.7 Å². The van der Waals surface area contributed by atoms with Crippen LogP contribution in [0.3, 0.4) is 0 Å². The second kappa shape index (κ2) is 12.2. The molecule has 0 saturated heterocycles. The molecule has 0 aliphatic carbocycles. The fourth-order valence-corrected chi connectivity index (χ4v) is 5.43. The summed E-state index contributed by atoms with van der Waals surface area (Å²) in [5.41, 5.74) is 1.57. The highest BCUT2D eigenvalue weighted by atomic mass is 32.1. The Bertz CT molecular complexity index is 1210. The third-order valence-electron chi connectivity index (χ3n) is 6.80. The summed E-state index contributed by atoms with van der Waals surface area (Å²) in [5.74, 6) is 0.645. The summed E-state index contributed by atoms with van der Waals surface area (Å²) >= 11 is 1.67. The second-order valence-corrected chi connectivity index (χ2v) is 10.3. The molecule has 0 radical (unpaired) electrons. The molecule has 6 nitrogen and oxygen atoms in total. The molecule has 2 atom stereocenters. The monoisotopic (exact) mass is 524 g/mol. The number of rotatable bonds is 10. The average Bonchev–Trinajstić information content (AvgIpc) is 3.40. The minimum Gasteiger partial charge on any atom is -0.497 e. The van der Waals surface area contributed by atoms with Crippen molar-refractivity contribution in [3.63, 3.8) is 0 Å². The number of ether oxygens (including phenoxy) is 2. The molecule has 0 spiro atoms. The van der Waals surface area contributed by atoms with Gasteiger partial charge in [0, 0.05) is 29.6 Å². The van der Waals surface area contributed by atoms with Crippen LogP contribution in [0, 0.1) is 11.7 Å². The van der Waals surface area contributed by atoms with Crippen molar-refractivity contribution < 1.29 is 23.5 Å². The number of hydrogen-bond donors (Lipinski definition) is 0. The molecule has 2 heterocycles. The number of hydrogen-bond acceptors (Lipinski definition) is 5. The first kappa shape index (κ1) is 26.7. The van der Waals surface area contributed by atoms with Crippen LogP contribution < -0.4 is 9.47 Å². The van der Waals surface area contributed by atoms with Crippen LogP contribution >= 0.6 is 11.3 Å². The fraction of sp³-hybridized carbons (Fsp3) is 0.379. The molecule has 0 unspecified atom stereocenters. The highest BCUT2D eigenvalue weighted by Crippen LogP contribution is 2.34. The van der Waals surface area contributed by atoms with E-state index in [2.05, 4.69) is 13.8 Å². The molecule has 1 aliphatic heterocycles. The molecular weight excluding hydrogens is 491 g/mol. The molecule has 4 rings (SSSR count). The first-order valence-electron chi connectivity index (χ1n) is 12.6. The van der Waals surface area contributed by atoms with Gasteiger partial charge in [0.05, 0.1) is 13.2 Å². The fourth-order valence-electron chi connectivity index (χ4n) is 4.50. The van der Waals surface area contributed by atoms with Gasteiger partial charge in [0.1, 0.15) is 30.5 Å². The third-order valence-corrected chi connectivity index (χ3v) is 7.79. The molecule has 37 heavy (non-hydrogen) atoms. The van der Waals surface area contributed by atoms with Crippen LogP contribution in [-0.2, 0) is 11.2 Å². The minimum atomic E-state index is -0.372. The van der Waals surface area contributed by atoms with Crippen molar-refractivity contribution in [2.75, 3.05) is 33.4 Å². The number of carbonyl (C=O) groups is 2. The predicted molar refractivity (Wildman–Crippen MR) is 143 cm³/mol. The van der Waals surface area contributed by atoms with Crippen LogP contribution in [0.2, 0.25) is 0 Å². The Morgan fingerprint density at radius 1 is 1.16 bits per heavy atom. The Hall–Kier alpha value is -3.39. The van der Waals surface area contributed by atoms with Gasteiger partial charge < -0.3 is 19.3 Å². The predicted octanol–water partition coefficient (Wildman–Crippen LogP) is 5.59. The topological polar surface area (TPSA) is 59.1 Å². The average molecular weight is 525 g/mol. The van der Waals surface area contributed by atoms with E-state index < -0.39 is 0 Å². The van der Waals surface area contributed by atoms with Gasteiger partial charge in [0.15, 0.2) is 0 Å². The van der Waals surface area contributed by atoms with E-state index in [9.17, 15) is 14.0 Å². The maximum Gasteiger partial charge on any atom is 0.254 e. The summed E-state index contributed by atoms with van der Waals surface area (Å²) in [5, 5.41) is 2.02. The molecule has 1 aliphatic rings. The third kappa shape index (κ3) is 6.49. The van der Waals surface area contributed by atoms with E-state index in [0.717, 1.165) is 18.4 Å². The van der Waals surface area contributed by atoms with Gasteiger partial charge in [-0.1, -0.05) is 26.3 Å². The van der Waals surface area contributed by atoms with Crippen LogP contribution in [0.5, 0.6) is 11.5 Å². The SMILES string of the molecule is CC[C@H](C)CN(CC(=O)N1CCc2sccc2[C@@H]1COc1cccc(F)c1)C(=O)c1ccc(OC)cc1. The number of amides is 2. The van der Waals surface area contributed by atoms with E-state index in [0.29, 0.717) is 30.2 Å². The quantitative estimate of drug-likeness (QED) is 0.347. The van der Waals surface area contributed by atoms with Gasteiger partial charge in [-0.3, -0.25) is 9.59 Å². The van der Waals surface area contributed by atoms with Gasteiger partial charge in [-0.2, -0.15) is 0 Å². The molecule has 0 bridgehead atoms. The second-order valence-electron chi connectivity index (χ2n) is 9.35. The first-order chi connectivity index (χ1) is 17.9. The first-order valence-corrected chi connectivity index (χ1v) is 13.4. The van der Waals surface area contributed by atoms with E-state index in [1.165, 1.54) is 17.0 Å². The van der Waals surface area contributed by atoms with Crippen LogP contribution in [0.4, 0.5) is 4.39 Å². The van der Waals surface area contributed by atoms with Crippen LogP contribution in [0.15, 0.2) is 60.0 Å². The van der Waals surface area contributed by atoms with Crippen molar-refractivity contribution in [1.29, 1.82) is 0 Å². The zero-order chi connectivity index (χ0) is 26.4. The molecule has 2 amide bonds. The maximum absolute atomic E-state index is 13.7. The van der Waals surface area contributed by atoms with E-state index in [1.807, 2.05) is 11.4 Å². The van der Waals surface area contributed by atoms with Crippen molar-refractivity contribution in [3.05, 3.63) is 81.8 Å². The standard InChI is InChI=1S/C29H33FN2O4S/c1-4-20(2)17-31(29(34)21-8-10-23(35-3)11-9-21)18-28(33)32-14-12-27-25(13-15-37-27)26(32)19-36-24-7-5-6-22(30)16-24/h5-11,13,15-16,20,26H,4,12,14,17-19H2,1-3H3/t20-,26-/m0/s1. The summed E-state index contributed by atoms with van der Waals surface area (Å²) in [6.07, 6.45) is 1.65. The van der Waals surface area contributed by atoms with Crippen LogP contribution in [0.25, 0.3) is 0 Å². The van der Waals surface area contributed by atoms with Gasteiger partial charge in [-0.25, -0.2) is 4.39 Å². The molecule has 0 N–H and O–H groups in total. The number of carbonyl (C=O) groups excluding carboxylic acids is 2. The lowest BCUT2D eigenvalue weighted by molar-refractivity contribution is -0.135. The number of fused-ring (bicyclic) bond motifs is 1. The Kier molecular flexibility index (Phi) is 8.82. The van der Waals surface area contributed by atoms with Crippen LogP contribution in [0.1, 0.15) is 47.1 Å². The molecular formula is C29H33FN2O4S. The van der Waals surface area contributed by atoms with Crippen molar-refractivity contribution in [2.24, 2.45) is 5.92 Å². The van der Waals surface area contributed by atoms with E-state index in [1.54, 1.807) is 64.6 Å². The largest absolute Gasteiger partial charge is 0.497 e. The van der Waals surface area contributed by atoms with Gasteiger partial charge in [0.25, 0.3) is 5.91 Å². The Balaban J connectivity index is 1.54. The van der Waals surface area contributed by atoms with Gasteiger partial charge >= 0.3 is 0 Å². The van der Waals surface area contributed by atoms with E-state index in [4.69, 9.17) is 9.47 Å². The lowest BCUT2D eigenvalue weighted by atomic mass is 10.00. The Morgan fingerprint density at radius 2 is 1.95 bits per heavy atom. The lowest BCUT2D eigenvalue weighted by Crippen LogP contribution is -2.48. The number of benzene rings is 2. The number of methoxy groups -OCH3 is 1. The summed E-state index contributed by atoms with van der Waals surface area (Å²) in [6, 6.07) is 14.7. The van der Waals surface area contributed by atoms with E-state index >= 15 is 0 Å². The van der Waals surface area contributed by atoms with Crippen molar-refractivity contribution >= 4 is 23.2 Å². The highest BCUT2D eigenvalue weighted by Gasteiger charge is 2.34. The van der Waals surface area contributed by atoms with Crippen molar-refractivity contribution in [2.45, 2.75) is 32.7 Å². The van der Waals surface area contributed by atoms with Gasteiger partial charge in [-0.15, -0.1) is 11.3 Å². The summed E-state index contributed by atoms with van der Waals surface area (Å²) < 4.78 is 24.8. The normalized spacial score (nSPS) is 15.6. The van der Waals surface area contributed by atoms with Crippen LogP contribution in [-0.4, -0.2) is 55.0 Å². The summed E-state index contributed by atoms with van der Waals surface area (Å²) in [4.78, 5) is 31.8. The minimum absolute atomic E-state index is 0.0227. The number of thiophene rings is 1. The summed E-state index contributed by atoms with van der Waals surface area (Å²) in [7, 11) is 1.58. The van der Waals surface area contributed by atoms with Gasteiger partial charge in [0.2, 0.25) is 5.91 Å². The molecule has 0 saturated carbocycles. The highest BCUT2D eigenvalue weighted by molar-refractivity contribution is 7.10. The number of halogens is 1. The number of nitrogens with zero attached hydrogens (tertiary/aromatic N) is 2. The smallest absolute Gasteiger partial charge is 0.254 e. The molecule has 2 aromatic carbocycles. The Labute approximate surface area is 221 Å². The summed E-state index contributed by atoms with van der Waals surface area (Å²) in [6.45, 7) is 5.35. The molecule has 3 aromatic rings. The van der Waals surface area contributed by atoms with Crippen molar-refractivity contribution in [1.82, 2.24) is 9.80 Å². The van der Waals surface area contributed by atoms with Crippen molar-refractivity contribution in [3.8, 4) is 11.5 Å². The Morgan fingerprint density at radius 3 is 2.65 bits per heavy atom. The molecule has 0 fully saturated rings. The maximum atomic E-state index is 13.7. The zero-order valence-electron chi connectivity index (χ0n) is 21.5. The lowest BCUT2D eigenvalue weighted by Gasteiger charge is -2.37. The molecule has 8 heteroatoms. The zero-order valence-corrected chi connectivity index (χ0v) is 22.3. The van der Waals surface area contributed by atoms with Gasteiger partial charge in [-0.05, 0) is 65.7 Å². The molecule has 1 aromatic heterocycles.